The molecule has 0 saturated heterocycles. The van der Waals surface area contributed by atoms with Crippen molar-refractivity contribution in [2.24, 2.45) is 0 Å². The van der Waals surface area contributed by atoms with Crippen molar-refractivity contribution in [1.29, 1.82) is 0 Å². The Balaban J connectivity index is 2.41. The molecular formula is C8H13NO2. The third kappa shape index (κ3) is 2.35. The van der Waals surface area contributed by atoms with Crippen molar-refractivity contribution < 1.29 is 9.53 Å². The number of carbonyl (C=O) groups excluding carboxylic acids is 1. The van der Waals surface area contributed by atoms with E-state index < -0.39 is 0 Å². The maximum atomic E-state index is 11.0. The first kappa shape index (κ1) is 8.27. The van der Waals surface area contributed by atoms with E-state index in [-0.39, 0.29) is 5.91 Å². The Morgan fingerprint density at radius 1 is 1.73 bits per heavy atom. The zero-order chi connectivity index (χ0) is 8.10. The lowest BCUT2D eigenvalue weighted by molar-refractivity contribution is -0.118. The molecule has 1 N–H and O–H groups in total. The SMILES string of the molecule is CCOCC1=CCCNC1=O. The van der Waals surface area contributed by atoms with Gasteiger partial charge in [0.25, 0.3) is 0 Å². The normalized spacial score (nSPS) is 17.5. The van der Waals surface area contributed by atoms with Gasteiger partial charge in [0.1, 0.15) is 0 Å². The fourth-order valence-corrected chi connectivity index (χ4v) is 0.975. The summed E-state index contributed by atoms with van der Waals surface area (Å²) >= 11 is 0. The van der Waals surface area contributed by atoms with E-state index in [1.807, 2.05) is 13.0 Å². The molecule has 0 aromatic carbocycles. The Kier molecular flexibility index (Phi) is 3.11. The predicted octanol–water partition coefficient (Wildman–Crippen LogP) is 0.469. The highest BCUT2D eigenvalue weighted by molar-refractivity contribution is 5.94. The molecule has 1 rings (SSSR count). The van der Waals surface area contributed by atoms with Crippen LogP contribution < -0.4 is 5.32 Å². The van der Waals surface area contributed by atoms with Crippen LogP contribution in [0.3, 0.4) is 0 Å². The summed E-state index contributed by atoms with van der Waals surface area (Å²) in [5, 5.41) is 2.75. The molecule has 0 aromatic heterocycles. The molecule has 0 aromatic rings. The summed E-state index contributed by atoms with van der Waals surface area (Å²) < 4.78 is 5.11. The van der Waals surface area contributed by atoms with Crippen LogP contribution >= 0.6 is 0 Å². The molecule has 1 aliphatic heterocycles. The number of hydrogen-bond acceptors (Lipinski definition) is 2. The third-order valence-corrected chi connectivity index (χ3v) is 1.57. The maximum Gasteiger partial charge on any atom is 0.249 e. The summed E-state index contributed by atoms with van der Waals surface area (Å²) in [5.41, 5.74) is 0.762. The highest BCUT2D eigenvalue weighted by Gasteiger charge is 2.11. The largest absolute Gasteiger partial charge is 0.377 e. The van der Waals surface area contributed by atoms with Gasteiger partial charge in [-0.25, -0.2) is 0 Å². The number of rotatable bonds is 3. The Hall–Kier alpha value is -0.830. The van der Waals surface area contributed by atoms with E-state index in [0.29, 0.717) is 13.2 Å². The van der Waals surface area contributed by atoms with E-state index >= 15 is 0 Å². The fraction of sp³-hybridized carbons (Fsp3) is 0.625. The van der Waals surface area contributed by atoms with Crippen LogP contribution in [0.2, 0.25) is 0 Å². The van der Waals surface area contributed by atoms with Gasteiger partial charge in [-0.05, 0) is 13.3 Å². The highest BCUT2D eigenvalue weighted by atomic mass is 16.5. The second-order valence-electron chi connectivity index (χ2n) is 2.41. The quantitative estimate of drug-likeness (QED) is 0.643. The molecular weight excluding hydrogens is 142 g/mol. The van der Waals surface area contributed by atoms with Gasteiger partial charge in [-0.15, -0.1) is 0 Å². The number of hydrogen-bond donors (Lipinski definition) is 1. The molecule has 0 aliphatic carbocycles. The average Bonchev–Trinajstić information content (AvgIpc) is 2.03. The van der Waals surface area contributed by atoms with Gasteiger partial charge in [0.15, 0.2) is 0 Å². The predicted molar refractivity (Wildman–Crippen MR) is 42.2 cm³/mol. The first-order valence-corrected chi connectivity index (χ1v) is 3.89. The summed E-state index contributed by atoms with van der Waals surface area (Å²) in [6.45, 7) is 3.78. The minimum Gasteiger partial charge on any atom is -0.377 e. The molecule has 0 saturated carbocycles. The summed E-state index contributed by atoms with van der Waals surface area (Å²) in [7, 11) is 0. The van der Waals surface area contributed by atoms with Crippen molar-refractivity contribution >= 4 is 5.91 Å². The van der Waals surface area contributed by atoms with Crippen molar-refractivity contribution in [2.75, 3.05) is 19.8 Å². The monoisotopic (exact) mass is 155 g/mol. The van der Waals surface area contributed by atoms with Crippen LogP contribution in [0.5, 0.6) is 0 Å². The van der Waals surface area contributed by atoms with Crippen LogP contribution in [0.1, 0.15) is 13.3 Å². The lowest BCUT2D eigenvalue weighted by atomic mass is 10.1. The minimum atomic E-state index is 0.0182. The molecule has 0 fully saturated rings. The Bertz CT molecular complexity index is 175. The van der Waals surface area contributed by atoms with Crippen molar-refractivity contribution in [3.05, 3.63) is 11.6 Å². The molecule has 3 nitrogen and oxygen atoms in total. The van der Waals surface area contributed by atoms with Gasteiger partial charge >= 0.3 is 0 Å². The van der Waals surface area contributed by atoms with Gasteiger partial charge in [-0.3, -0.25) is 4.79 Å². The van der Waals surface area contributed by atoms with Gasteiger partial charge in [-0.2, -0.15) is 0 Å². The lowest BCUT2D eigenvalue weighted by Gasteiger charge is -2.12. The third-order valence-electron chi connectivity index (χ3n) is 1.57. The van der Waals surface area contributed by atoms with Crippen LogP contribution in [0.25, 0.3) is 0 Å². The molecule has 1 heterocycles. The van der Waals surface area contributed by atoms with Gasteiger partial charge in [0.05, 0.1) is 6.61 Å². The number of ether oxygens (including phenoxy) is 1. The zero-order valence-electron chi connectivity index (χ0n) is 6.72. The maximum absolute atomic E-state index is 11.0. The molecule has 62 valence electrons. The second kappa shape index (κ2) is 4.13. The molecule has 0 bridgehead atoms. The van der Waals surface area contributed by atoms with Crippen molar-refractivity contribution in [1.82, 2.24) is 5.32 Å². The molecule has 0 spiro atoms. The van der Waals surface area contributed by atoms with E-state index in [4.69, 9.17) is 4.74 Å². The van der Waals surface area contributed by atoms with E-state index in [0.717, 1.165) is 18.5 Å². The number of nitrogens with one attached hydrogen (secondary N) is 1. The van der Waals surface area contributed by atoms with Crippen LogP contribution in [0.15, 0.2) is 11.6 Å². The highest BCUT2D eigenvalue weighted by Crippen LogP contribution is 2.02. The van der Waals surface area contributed by atoms with Gasteiger partial charge < -0.3 is 10.1 Å². The standard InChI is InChI=1S/C8H13NO2/c1-2-11-6-7-4-3-5-9-8(7)10/h4H,2-3,5-6H2,1H3,(H,9,10). The first-order valence-electron chi connectivity index (χ1n) is 3.89. The van der Waals surface area contributed by atoms with E-state index in [1.54, 1.807) is 0 Å². The average molecular weight is 155 g/mol. The molecule has 1 amide bonds. The minimum absolute atomic E-state index is 0.0182. The van der Waals surface area contributed by atoms with Crippen LogP contribution in [-0.2, 0) is 9.53 Å². The summed E-state index contributed by atoms with van der Waals surface area (Å²) in [4.78, 5) is 11.0. The smallest absolute Gasteiger partial charge is 0.249 e. The molecule has 1 aliphatic rings. The van der Waals surface area contributed by atoms with Crippen LogP contribution in [-0.4, -0.2) is 25.7 Å². The fourth-order valence-electron chi connectivity index (χ4n) is 0.975. The summed E-state index contributed by atoms with van der Waals surface area (Å²) in [6, 6.07) is 0. The first-order chi connectivity index (χ1) is 5.34. The van der Waals surface area contributed by atoms with Crippen LogP contribution in [0, 0.1) is 0 Å². The summed E-state index contributed by atoms with van der Waals surface area (Å²) in [6.07, 6.45) is 2.86. The van der Waals surface area contributed by atoms with Crippen LogP contribution in [0.4, 0.5) is 0 Å². The second-order valence-corrected chi connectivity index (χ2v) is 2.41. The zero-order valence-corrected chi connectivity index (χ0v) is 6.72. The van der Waals surface area contributed by atoms with E-state index in [1.165, 1.54) is 0 Å². The van der Waals surface area contributed by atoms with Crippen molar-refractivity contribution in [3.8, 4) is 0 Å². The van der Waals surface area contributed by atoms with Crippen molar-refractivity contribution in [2.45, 2.75) is 13.3 Å². The Morgan fingerprint density at radius 3 is 3.18 bits per heavy atom. The molecule has 0 atom stereocenters. The van der Waals surface area contributed by atoms with E-state index in [2.05, 4.69) is 5.32 Å². The molecule has 3 heteroatoms. The van der Waals surface area contributed by atoms with Gasteiger partial charge in [0.2, 0.25) is 5.91 Å². The topological polar surface area (TPSA) is 38.3 Å². The van der Waals surface area contributed by atoms with Gasteiger partial charge in [0, 0.05) is 18.7 Å². The molecule has 0 unspecified atom stereocenters. The van der Waals surface area contributed by atoms with Gasteiger partial charge in [-0.1, -0.05) is 6.08 Å². The van der Waals surface area contributed by atoms with E-state index in [9.17, 15) is 4.79 Å². The Morgan fingerprint density at radius 2 is 2.55 bits per heavy atom. The van der Waals surface area contributed by atoms with Crippen molar-refractivity contribution in [3.63, 3.8) is 0 Å². The molecule has 11 heavy (non-hydrogen) atoms. The lowest BCUT2D eigenvalue weighted by Crippen LogP contribution is -2.31. The molecule has 0 radical (unpaired) electrons. The Labute approximate surface area is 66.4 Å². The summed E-state index contributed by atoms with van der Waals surface area (Å²) in [5.74, 6) is 0.0182. The number of carbonyl (C=O) groups is 1. The number of amides is 1.